The minimum atomic E-state index is -0.927. The molecule has 0 aliphatic rings. The zero-order chi connectivity index (χ0) is 22.9. The van der Waals surface area contributed by atoms with Gasteiger partial charge in [0.1, 0.15) is 5.82 Å². The standard InChI is InChI=1S/C27H22N4O2/c1-16-6-3-10-23(29-16)26-25(20-11-12-22-19(14-20)8-5-13-28-22)30-24(31-26)15-18-7-4-9-21(17(18)2)27(32)33/h3-14H,15H2,1-2H3,(H,30,31)(H,32,33). The third-order valence-corrected chi connectivity index (χ3v) is 5.81. The van der Waals surface area contributed by atoms with Crippen LogP contribution in [0.4, 0.5) is 0 Å². The summed E-state index contributed by atoms with van der Waals surface area (Å²) in [4.78, 5) is 29.1. The lowest BCUT2D eigenvalue weighted by Gasteiger charge is -2.07. The topological polar surface area (TPSA) is 91.8 Å². The van der Waals surface area contributed by atoms with Gasteiger partial charge in [-0.2, -0.15) is 0 Å². The smallest absolute Gasteiger partial charge is 0.335 e. The number of imidazole rings is 1. The molecule has 0 aliphatic carbocycles. The molecule has 0 aliphatic heterocycles. The number of benzene rings is 2. The molecule has 3 aromatic heterocycles. The van der Waals surface area contributed by atoms with E-state index in [2.05, 4.69) is 16.0 Å². The monoisotopic (exact) mass is 434 g/mol. The van der Waals surface area contributed by atoms with Crippen LogP contribution in [0.25, 0.3) is 33.5 Å². The molecule has 0 saturated carbocycles. The van der Waals surface area contributed by atoms with Crippen molar-refractivity contribution >= 4 is 16.9 Å². The van der Waals surface area contributed by atoms with Crippen molar-refractivity contribution in [1.29, 1.82) is 0 Å². The summed E-state index contributed by atoms with van der Waals surface area (Å²) < 4.78 is 0. The van der Waals surface area contributed by atoms with Crippen molar-refractivity contribution in [3.8, 4) is 22.6 Å². The van der Waals surface area contributed by atoms with Gasteiger partial charge in [-0.3, -0.25) is 9.97 Å². The molecular formula is C27H22N4O2. The summed E-state index contributed by atoms with van der Waals surface area (Å²) in [5.74, 6) is -0.177. The van der Waals surface area contributed by atoms with Crippen molar-refractivity contribution in [2.45, 2.75) is 20.3 Å². The number of aromatic amines is 1. The summed E-state index contributed by atoms with van der Waals surface area (Å²) in [5.41, 5.74) is 7.23. The van der Waals surface area contributed by atoms with Crippen LogP contribution in [0.1, 0.15) is 33.0 Å². The number of aromatic carboxylic acids is 1. The second-order valence-electron chi connectivity index (χ2n) is 8.05. The fourth-order valence-electron chi connectivity index (χ4n) is 4.09. The average molecular weight is 434 g/mol. The van der Waals surface area contributed by atoms with E-state index in [1.165, 1.54) is 0 Å². The van der Waals surface area contributed by atoms with Crippen LogP contribution in [-0.4, -0.2) is 31.0 Å². The summed E-state index contributed by atoms with van der Waals surface area (Å²) in [5, 5.41) is 10.5. The Kier molecular flexibility index (Phi) is 5.18. The molecule has 0 atom stereocenters. The fourth-order valence-corrected chi connectivity index (χ4v) is 4.09. The molecule has 0 unspecified atom stereocenters. The van der Waals surface area contributed by atoms with Gasteiger partial charge in [-0.05, 0) is 61.4 Å². The molecule has 0 fully saturated rings. The third kappa shape index (κ3) is 3.99. The SMILES string of the molecule is Cc1cccc(-c2[nH]c(Cc3cccc(C(=O)O)c3C)nc2-c2ccc3ncccc3c2)n1. The molecular weight excluding hydrogens is 412 g/mol. The van der Waals surface area contributed by atoms with Gasteiger partial charge in [0.15, 0.2) is 0 Å². The van der Waals surface area contributed by atoms with E-state index < -0.39 is 5.97 Å². The number of nitrogens with one attached hydrogen (secondary N) is 1. The van der Waals surface area contributed by atoms with E-state index in [4.69, 9.17) is 9.97 Å². The predicted octanol–water partition coefficient (Wildman–Crippen LogP) is 5.59. The van der Waals surface area contributed by atoms with Gasteiger partial charge in [0.05, 0.1) is 28.2 Å². The van der Waals surface area contributed by atoms with E-state index in [1.807, 2.05) is 62.4 Å². The largest absolute Gasteiger partial charge is 0.478 e. The van der Waals surface area contributed by atoms with E-state index in [-0.39, 0.29) is 0 Å². The van der Waals surface area contributed by atoms with Crippen LogP contribution in [0, 0.1) is 13.8 Å². The maximum atomic E-state index is 11.6. The van der Waals surface area contributed by atoms with Crippen LogP contribution in [0.5, 0.6) is 0 Å². The van der Waals surface area contributed by atoms with E-state index in [9.17, 15) is 9.90 Å². The number of aromatic nitrogens is 4. The number of nitrogens with zero attached hydrogens (tertiary/aromatic N) is 3. The van der Waals surface area contributed by atoms with Crippen molar-refractivity contribution in [1.82, 2.24) is 19.9 Å². The van der Waals surface area contributed by atoms with Gasteiger partial charge in [0, 0.05) is 29.3 Å². The molecule has 0 bridgehead atoms. The number of fused-ring (bicyclic) bond motifs is 1. The molecule has 5 rings (SSSR count). The fraction of sp³-hybridized carbons (Fsp3) is 0.111. The lowest BCUT2D eigenvalue weighted by molar-refractivity contribution is 0.0696. The lowest BCUT2D eigenvalue weighted by Crippen LogP contribution is -2.03. The van der Waals surface area contributed by atoms with Crippen LogP contribution >= 0.6 is 0 Å². The number of hydrogen-bond acceptors (Lipinski definition) is 4. The number of aryl methyl sites for hydroxylation is 1. The Labute approximate surface area is 191 Å². The summed E-state index contributed by atoms with van der Waals surface area (Å²) in [6.07, 6.45) is 2.27. The van der Waals surface area contributed by atoms with Crippen LogP contribution in [-0.2, 0) is 6.42 Å². The zero-order valence-electron chi connectivity index (χ0n) is 18.3. The summed E-state index contributed by atoms with van der Waals surface area (Å²) in [6, 6.07) is 21.3. The molecule has 5 aromatic rings. The van der Waals surface area contributed by atoms with Crippen LogP contribution < -0.4 is 0 Å². The van der Waals surface area contributed by atoms with Crippen molar-refractivity contribution in [3.63, 3.8) is 0 Å². The molecule has 6 heteroatoms. The minimum absolute atomic E-state index is 0.307. The first kappa shape index (κ1) is 20.6. The van der Waals surface area contributed by atoms with Crippen LogP contribution in [0.3, 0.4) is 0 Å². The first-order valence-corrected chi connectivity index (χ1v) is 10.7. The number of H-pyrrole nitrogens is 1. The Morgan fingerprint density at radius 1 is 0.970 bits per heavy atom. The molecule has 0 radical (unpaired) electrons. The summed E-state index contributed by atoms with van der Waals surface area (Å²) in [7, 11) is 0. The second-order valence-corrected chi connectivity index (χ2v) is 8.05. The molecule has 0 amide bonds. The Bertz CT molecular complexity index is 1500. The van der Waals surface area contributed by atoms with Crippen LogP contribution in [0.15, 0.2) is 72.9 Å². The minimum Gasteiger partial charge on any atom is -0.478 e. The first-order valence-electron chi connectivity index (χ1n) is 10.7. The van der Waals surface area contributed by atoms with Crippen molar-refractivity contribution in [3.05, 3.63) is 101 Å². The Morgan fingerprint density at radius 3 is 2.64 bits per heavy atom. The van der Waals surface area contributed by atoms with Gasteiger partial charge in [-0.25, -0.2) is 9.78 Å². The average Bonchev–Trinajstić information content (AvgIpc) is 3.24. The highest BCUT2D eigenvalue weighted by atomic mass is 16.4. The molecule has 0 saturated heterocycles. The summed E-state index contributed by atoms with van der Waals surface area (Å²) in [6.45, 7) is 3.80. The number of rotatable bonds is 5. The van der Waals surface area contributed by atoms with E-state index in [1.54, 1.807) is 18.3 Å². The molecule has 6 nitrogen and oxygen atoms in total. The Morgan fingerprint density at radius 2 is 1.82 bits per heavy atom. The predicted molar refractivity (Wildman–Crippen MR) is 128 cm³/mol. The second kappa shape index (κ2) is 8.31. The first-order chi connectivity index (χ1) is 16.0. The zero-order valence-corrected chi connectivity index (χ0v) is 18.3. The summed E-state index contributed by atoms with van der Waals surface area (Å²) >= 11 is 0. The molecule has 2 aromatic carbocycles. The Hall–Kier alpha value is -4.32. The van der Waals surface area contributed by atoms with Crippen LogP contribution in [0.2, 0.25) is 0 Å². The number of carboxylic acids is 1. The number of hydrogen-bond donors (Lipinski definition) is 2. The number of pyridine rings is 2. The molecule has 33 heavy (non-hydrogen) atoms. The molecule has 0 spiro atoms. The van der Waals surface area contributed by atoms with Gasteiger partial charge < -0.3 is 10.1 Å². The Balaban J connectivity index is 1.64. The van der Waals surface area contributed by atoms with Crippen molar-refractivity contribution in [2.75, 3.05) is 0 Å². The van der Waals surface area contributed by atoms with Gasteiger partial charge >= 0.3 is 5.97 Å². The number of carboxylic acid groups (broad SMARTS) is 1. The third-order valence-electron chi connectivity index (χ3n) is 5.81. The molecule has 3 heterocycles. The highest BCUT2D eigenvalue weighted by molar-refractivity contribution is 5.90. The maximum absolute atomic E-state index is 11.6. The molecule has 2 N–H and O–H groups in total. The lowest BCUT2D eigenvalue weighted by atomic mass is 10.00. The van der Waals surface area contributed by atoms with E-state index in [0.29, 0.717) is 12.0 Å². The number of carbonyl (C=O) groups is 1. The van der Waals surface area contributed by atoms with E-state index in [0.717, 1.165) is 56.2 Å². The van der Waals surface area contributed by atoms with Gasteiger partial charge in [0.25, 0.3) is 0 Å². The highest BCUT2D eigenvalue weighted by Gasteiger charge is 2.18. The van der Waals surface area contributed by atoms with Crippen molar-refractivity contribution < 1.29 is 9.90 Å². The van der Waals surface area contributed by atoms with Crippen molar-refractivity contribution in [2.24, 2.45) is 0 Å². The highest BCUT2D eigenvalue weighted by Crippen LogP contribution is 2.32. The quantitative estimate of drug-likeness (QED) is 0.376. The van der Waals surface area contributed by atoms with E-state index >= 15 is 0 Å². The normalized spacial score (nSPS) is 11.1. The van der Waals surface area contributed by atoms with Gasteiger partial charge in [-0.15, -0.1) is 0 Å². The molecule has 162 valence electrons. The van der Waals surface area contributed by atoms with Gasteiger partial charge in [-0.1, -0.05) is 30.3 Å². The van der Waals surface area contributed by atoms with Gasteiger partial charge in [0.2, 0.25) is 0 Å². The maximum Gasteiger partial charge on any atom is 0.335 e.